The van der Waals surface area contributed by atoms with E-state index in [2.05, 4.69) is 41.4 Å². The van der Waals surface area contributed by atoms with Gasteiger partial charge in [-0.1, -0.05) is 12.1 Å². The van der Waals surface area contributed by atoms with E-state index in [1.807, 2.05) is 4.90 Å². The molecular weight excluding hydrogens is 250 g/mol. The predicted molar refractivity (Wildman–Crippen MR) is 81.0 cm³/mol. The Balaban J connectivity index is 1.58. The topological polar surface area (TPSA) is 35.6 Å². The monoisotopic (exact) mass is 273 g/mol. The van der Waals surface area contributed by atoms with Gasteiger partial charge in [0.1, 0.15) is 0 Å². The van der Waals surface area contributed by atoms with Crippen LogP contribution in [0.15, 0.2) is 24.3 Å². The zero-order valence-corrected chi connectivity index (χ0v) is 12.1. The molecule has 20 heavy (non-hydrogen) atoms. The summed E-state index contributed by atoms with van der Waals surface area (Å²) >= 11 is 0. The minimum atomic E-state index is 0.0699. The van der Waals surface area contributed by atoms with Crippen molar-refractivity contribution in [2.24, 2.45) is 0 Å². The first-order valence-corrected chi connectivity index (χ1v) is 7.58. The minimum Gasteiger partial charge on any atom is -0.368 e. The van der Waals surface area contributed by atoms with Crippen molar-refractivity contribution in [1.82, 2.24) is 10.2 Å². The van der Waals surface area contributed by atoms with Crippen LogP contribution in [0.5, 0.6) is 0 Å². The lowest BCUT2D eigenvalue weighted by Gasteiger charge is -2.37. The second kappa shape index (κ2) is 5.83. The van der Waals surface area contributed by atoms with Crippen LogP contribution in [0.4, 0.5) is 5.69 Å². The Morgan fingerprint density at radius 1 is 1.25 bits per heavy atom. The Hall–Kier alpha value is -1.55. The highest BCUT2D eigenvalue weighted by Gasteiger charge is 2.29. The molecule has 0 aromatic heterocycles. The smallest absolute Gasteiger partial charge is 0.239 e. The average molecular weight is 273 g/mol. The molecule has 0 saturated carbocycles. The molecule has 2 heterocycles. The van der Waals surface area contributed by atoms with Gasteiger partial charge >= 0.3 is 0 Å². The van der Waals surface area contributed by atoms with Crippen LogP contribution in [0.25, 0.3) is 0 Å². The SMILES string of the molecule is Cc1cccc(N2CCN(C(=O)[C@@H]3CCCN3)CC2)c1. The quantitative estimate of drug-likeness (QED) is 0.884. The number of nitrogens with zero attached hydrogens (tertiary/aromatic N) is 2. The van der Waals surface area contributed by atoms with E-state index >= 15 is 0 Å². The van der Waals surface area contributed by atoms with Crippen molar-refractivity contribution in [2.45, 2.75) is 25.8 Å². The molecule has 0 aliphatic carbocycles. The van der Waals surface area contributed by atoms with Crippen molar-refractivity contribution >= 4 is 11.6 Å². The molecule has 1 atom stereocenters. The van der Waals surface area contributed by atoms with Gasteiger partial charge < -0.3 is 15.1 Å². The maximum atomic E-state index is 12.3. The van der Waals surface area contributed by atoms with E-state index < -0.39 is 0 Å². The van der Waals surface area contributed by atoms with Crippen molar-refractivity contribution in [3.8, 4) is 0 Å². The molecule has 0 unspecified atom stereocenters. The molecule has 1 aromatic rings. The summed E-state index contributed by atoms with van der Waals surface area (Å²) in [5, 5.41) is 3.30. The average Bonchev–Trinajstić information content (AvgIpc) is 3.01. The minimum absolute atomic E-state index is 0.0699. The number of carbonyl (C=O) groups is 1. The van der Waals surface area contributed by atoms with E-state index in [0.717, 1.165) is 45.6 Å². The molecule has 2 aliphatic heterocycles. The first-order chi connectivity index (χ1) is 9.74. The lowest BCUT2D eigenvalue weighted by molar-refractivity contribution is -0.133. The number of anilines is 1. The van der Waals surface area contributed by atoms with Gasteiger partial charge in [0.05, 0.1) is 6.04 Å². The third kappa shape index (κ3) is 2.80. The fourth-order valence-corrected chi connectivity index (χ4v) is 3.13. The molecule has 2 fully saturated rings. The van der Waals surface area contributed by atoms with Gasteiger partial charge in [0, 0.05) is 31.9 Å². The maximum absolute atomic E-state index is 12.3. The molecule has 108 valence electrons. The van der Waals surface area contributed by atoms with E-state index in [9.17, 15) is 4.79 Å². The van der Waals surface area contributed by atoms with Crippen molar-refractivity contribution in [2.75, 3.05) is 37.6 Å². The third-order valence-corrected chi connectivity index (χ3v) is 4.32. The number of hydrogen-bond donors (Lipinski definition) is 1. The Bertz CT molecular complexity index is 474. The largest absolute Gasteiger partial charge is 0.368 e. The summed E-state index contributed by atoms with van der Waals surface area (Å²) in [5.74, 6) is 0.298. The van der Waals surface area contributed by atoms with Crippen LogP contribution in [-0.2, 0) is 4.79 Å². The second-order valence-electron chi connectivity index (χ2n) is 5.80. The number of hydrogen-bond acceptors (Lipinski definition) is 3. The van der Waals surface area contributed by atoms with Gasteiger partial charge in [0.2, 0.25) is 5.91 Å². The lowest BCUT2D eigenvalue weighted by Crippen LogP contribution is -2.53. The van der Waals surface area contributed by atoms with Crippen LogP contribution in [0, 0.1) is 6.92 Å². The lowest BCUT2D eigenvalue weighted by atomic mass is 10.1. The van der Waals surface area contributed by atoms with Crippen LogP contribution >= 0.6 is 0 Å². The summed E-state index contributed by atoms with van der Waals surface area (Å²) in [4.78, 5) is 16.7. The summed E-state index contributed by atoms with van der Waals surface area (Å²) in [7, 11) is 0. The first-order valence-electron chi connectivity index (χ1n) is 7.58. The second-order valence-corrected chi connectivity index (χ2v) is 5.80. The van der Waals surface area contributed by atoms with Gasteiger partial charge in [-0.15, -0.1) is 0 Å². The highest BCUT2D eigenvalue weighted by atomic mass is 16.2. The van der Waals surface area contributed by atoms with Crippen molar-refractivity contribution in [3.05, 3.63) is 29.8 Å². The standard InChI is InChI=1S/C16H23N3O/c1-13-4-2-5-14(12-13)18-8-10-19(11-9-18)16(20)15-6-3-7-17-15/h2,4-5,12,15,17H,3,6-11H2,1H3/t15-/m0/s1. The third-order valence-electron chi connectivity index (χ3n) is 4.32. The number of rotatable bonds is 2. The van der Waals surface area contributed by atoms with Gasteiger partial charge in [-0.3, -0.25) is 4.79 Å². The summed E-state index contributed by atoms with van der Waals surface area (Å²) in [6.45, 7) is 6.65. The van der Waals surface area contributed by atoms with Crippen LogP contribution in [0.2, 0.25) is 0 Å². The zero-order chi connectivity index (χ0) is 13.9. The van der Waals surface area contributed by atoms with Crippen LogP contribution in [-0.4, -0.2) is 49.6 Å². The Kier molecular flexibility index (Phi) is 3.92. The molecule has 2 aliphatic rings. The summed E-state index contributed by atoms with van der Waals surface area (Å²) < 4.78 is 0. The van der Waals surface area contributed by atoms with Gasteiger partial charge in [0.25, 0.3) is 0 Å². The Morgan fingerprint density at radius 3 is 2.70 bits per heavy atom. The zero-order valence-electron chi connectivity index (χ0n) is 12.1. The van der Waals surface area contributed by atoms with Gasteiger partial charge in [-0.2, -0.15) is 0 Å². The number of benzene rings is 1. The van der Waals surface area contributed by atoms with Crippen LogP contribution < -0.4 is 10.2 Å². The Morgan fingerprint density at radius 2 is 2.05 bits per heavy atom. The molecule has 0 bridgehead atoms. The van der Waals surface area contributed by atoms with E-state index in [1.54, 1.807) is 0 Å². The van der Waals surface area contributed by atoms with Crippen LogP contribution in [0.1, 0.15) is 18.4 Å². The predicted octanol–water partition coefficient (Wildman–Crippen LogP) is 1.40. The molecule has 3 rings (SSSR count). The highest BCUT2D eigenvalue weighted by molar-refractivity contribution is 5.82. The molecule has 1 aromatic carbocycles. The van der Waals surface area contributed by atoms with Crippen LogP contribution in [0.3, 0.4) is 0 Å². The molecule has 1 amide bonds. The number of piperazine rings is 1. The van der Waals surface area contributed by atoms with Crippen molar-refractivity contribution < 1.29 is 4.79 Å². The van der Waals surface area contributed by atoms with Crippen molar-refractivity contribution in [1.29, 1.82) is 0 Å². The van der Waals surface area contributed by atoms with E-state index in [0.29, 0.717) is 5.91 Å². The maximum Gasteiger partial charge on any atom is 0.239 e. The molecule has 2 saturated heterocycles. The van der Waals surface area contributed by atoms with E-state index in [-0.39, 0.29) is 6.04 Å². The number of carbonyl (C=O) groups excluding carboxylic acids is 1. The van der Waals surface area contributed by atoms with Gasteiger partial charge in [-0.25, -0.2) is 0 Å². The Labute approximate surface area is 120 Å². The molecule has 0 radical (unpaired) electrons. The fourth-order valence-electron chi connectivity index (χ4n) is 3.13. The fraction of sp³-hybridized carbons (Fsp3) is 0.562. The van der Waals surface area contributed by atoms with Crippen molar-refractivity contribution in [3.63, 3.8) is 0 Å². The van der Waals surface area contributed by atoms with Gasteiger partial charge in [-0.05, 0) is 44.0 Å². The highest BCUT2D eigenvalue weighted by Crippen LogP contribution is 2.18. The molecule has 0 spiro atoms. The van der Waals surface area contributed by atoms with E-state index in [4.69, 9.17) is 0 Å². The summed E-state index contributed by atoms with van der Waals surface area (Å²) in [6.07, 6.45) is 2.12. The number of nitrogens with one attached hydrogen (secondary N) is 1. The summed E-state index contributed by atoms with van der Waals surface area (Å²) in [5.41, 5.74) is 2.56. The first kappa shape index (κ1) is 13.4. The van der Waals surface area contributed by atoms with Gasteiger partial charge in [0.15, 0.2) is 0 Å². The number of aryl methyl sites for hydroxylation is 1. The molecule has 4 nitrogen and oxygen atoms in total. The molecule has 1 N–H and O–H groups in total. The molecular formula is C16H23N3O. The summed E-state index contributed by atoms with van der Waals surface area (Å²) in [6, 6.07) is 8.67. The molecule has 4 heteroatoms. The van der Waals surface area contributed by atoms with E-state index in [1.165, 1.54) is 11.3 Å². The normalized spacial score (nSPS) is 23.1. The number of amides is 1.